The summed E-state index contributed by atoms with van der Waals surface area (Å²) in [6.07, 6.45) is 0.518. The van der Waals surface area contributed by atoms with E-state index in [0.29, 0.717) is 16.2 Å². The molecule has 4 rings (SSSR count). The Balaban J connectivity index is 1.48. The van der Waals surface area contributed by atoms with Gasteiger partial charge in [-0.1, -0.05) is 36.4 Å². The van der Waals surface area contributed by atoms with E-state index in [4.69, 9.17) is 11.1 Å². The number of hydrogen-bond acceptors (Lipinski definition) is 8. The first kappa shape index (κ1) is 32.9. The summed E-state index contributed by atoms with van der Waals surface area (Å²) in [7, 11) is 1.42. The van der Waals surface area contributed by atoms with Gasteiger partial charge in [-0.2, -0.15) is 0 Å². The van der Waals surface area contributed by atoms with Gasteiger partial charge in [0.15, 0.2) is 5.96 Å². The van der Waals surface area contributed by atoms with Crippen LogP contribution in [0.4, 0.5) is 0 Å². The molecular weight excluding hydrogens is 617 g/mol. The minimum Gasteiger partial charge on any atom is -0.370 e. The fraction of sp³-hybridized carbons (Fsp3) is 0.267. The predicted octanol–water partition coefficient (Wildman–Crippen LogP) is 1.25. The molecule has 0 spiro atoms. The van der Waals surface area contributed by atoms with Crippen LogP contribution in [0.1, 0.15) is 32.2 Å². The number of fused-ring (bicyclic) bond motifs is 2. The van der Waals surface area contributed by atoms with Crippen molar-refractivity contribution in [3.8, 4) is 0 Å². The molecule has 5 amide bonds. The summed E-state index contributed by atoms with van der Waals surface area (Å²) in [5.41, 5.74) is 5.36. The molecule has 9 N–H and O–H groups in total. The number of hydrogen-bond donors (Lipinski definition) is 8. The maximum atomic E-state index is 13.6. The van der Waals surface area contributed by atoms with Crippen molar-refractivity contribution in [1.29, 1.82) is 5.41 Å². The lowest BCUT2D eigenvalue weighted by Crippen LogP contribution is -2.57. The van der Waals surface area contributed by atoms with E-state index in [9.17, 15) is 24.0 Å². The molecule has 0 radical (unpaired) electrons. The van der Waals surface area contributed by atoms with E-state index in [1.807, 2.05) is 48.5 Å². The van der Waals surface area contributed by atoms with Gasteiger partial charge in [0.2, 0.25) is 17.7 Å². The highest BCUT2D eigenvalue weighted by atomic mass is 32.1. The van der Waals surface area contributed by atoms with E-state index in [1.54, 1.807) is 12.1 Å². The number of likely N-dealkylation sites (N-methyl/N-ethyl adjacent to an activating group) is 1. The van der Waals surface area contributed by atoms with Crippen molar-refractivity contribution in [2.24, 2.45) is 5.73 Å². The number of guanidine groups is 1. The lowest BCUT2D eigenvalue weighted by atomic mass is 10.1. The molecule has 0 aliphatic rings. The van der Waals surface area contributed by atoms with Crippen LogP contribution in [0.15, 0.2) is 60.7 Å². The highest BCUT2D eigenvalue weighted by molar-refractivity contribution is 7.21. The normalized spacial score (nSPS) is 12.1. The molecule has 2 aromatic carbocycles. The van der Waals surface area contributed by atoms with Gasteiger partial charge in [0.05, 0.1) is 16.3 Å². The summed E-state index contributed by atoms with van der Waals surface area (Å²) >= 11 is 2.57. The van der Waals surface area contributed by atoms with E-state index in [0.717, 1.165) is 20.2 Å². The van der Waals surface area contributed by atoms with Crippen LogP contribution in [0, 0.1) is 5.41 Å². The zero-order valence-corrected chi connectivity index (χ0v) is 26.0. The number of benzene rings is 2. The topological polar surface area (TPSA) is 207 Å². The van der Waals surface area contributed by atoms with E-state index < -0.39 is 41.6 Å². The number of amides is 5. The largest absolute Gasteiger partial charge is 0.370 e. The van der Waals surface area contributed by atoms with Crippen molar-refractivity contribution in [3.63, 3.8) is 0 Å². The van der Waals surface area contributed by atoms with Gasteiger partial charge >= 0.3 is 0 Å². The molecular formula is C30H34N8O5S2. The fourth-order valence-electron chi connectivity index (χ4n) is 4.36. The number of nitrogens with one attached hydrogen (secondary N) is 7. The van der Waals surface area contributed by atoms with Gasteiger partial charge < -0.3 is 37.6 Å². The average Bonchev–Trinajstić information content (AvgIpc) is 3.67. The predicted molar refractivity (Wildman–Crippen MR) is 175 cm³/mol. The van der Waals surface area contributed by atoms with E-state index in [1.165, 1.54) is 29.7 Å². The summed E-state index contributed by atoms with van der Waals surface area (Å²) in [6.45, 7) is -0.338. The molecule has 0 fully saturated rings. The van der Waals surface area contributed by atoms with Gasteiger partial charge in [0.25, 0.3) is 11.8 Å². The molecule has 4 aromatic rings. The number of rotatable bonds is 14. The van der Waals surface area contributed by atoms with Gasteiger partial charge in [0, 0.05) is 29.5 Å². The summed E-state index contributed by atoms with van der Waals surface area (Å²) in [5, 5.41) is 24.8. The first-order chi connectivity index (χ1) is 21.6. The Morgan fingerprint density at radius 3 is 1.96 bits per heavy atom. The van der Waals surface area contributed by atoms with Gasteiger partial charge in [0.1, 0.15) is 12.1 Å². The molecule has 13 nitrogen and oxygen atoms in total. The standard InChI is InChI=1S/C30H34N8O5S2/c1-33-25(39)16-36-26(40)20(15-35-28(42)23-13-17-7-2-4-10-21(17)44-23)38-27(41)19(9-6-12-34-30(31)32)37-29(43)24-14-18-8-3-5-11-22(18)45-24/h2-5,7-8,10-11,13-14,19-20H,6,9,12,15-16H2,1H3,(H,33,39)(H,35,42)(H,36,40)(H,37,43)(H,38,41)(H4,31,32,34)/t19-,20-/m0/s1. The van der Waals surface area contributed by atoms with Crippen molar-refractivity contribution in [2.45, 2.75) is 24.9 Å². The molecule has 0 saturated heterocycles. The van der Waals surface area contributed by atoms with Gasteiger partial charge in [-0.3, -0.25) is 29.4 Å². The van der Waals surface area contributed by atoms with Crippen molar-refractivity contribution < 1.29 is 24.0 Å². The molecule has 0 saturated carbocycles. The fourth-order valence-corrected chi connectivity index (χ4v) is 6.30. The van der Waals surface area contributed by atoms with E-state index >= 15 is 0 Å². The Labute approximate surface area is 266 Å². The van der Waals surface area contributed by atoms with Crippen LogP contribution in [-0.2, 0) is 14.4 Å². The van der Waals surface area contributed by atoms with Crippen LogP contribution < -0.4 is 37.6 Å². The third-order valence-corrected chi connectivity index (χ3v) is 8.94. The van der Waals surface area contributed by atoms with Crippen LogP contribution in [0.5, 0.6) is 0 Å². The molecule has 0 aliphatic heterocycles. The van der Waals surface area contributed by atoms with Gasteiger partial charge in [-0.05, 0) is 47.9 Å². The van der Waals surface area contributed by atoms with E-state index in [-0.39, 0.29) is 32.0 Å². The lowest BCUT2D eigenvalue weighted by Gasteiger charge is -2.23. The molecule has 45 heavy (non-hydrogen) atoms. The zero-order valence-electron chi connectivity index (χ0n) is 24.4. The van der Waals surface area contributed by atoms with Crippen LogP contribution in [0.2, 0.25) is 0 Å². The summed E-state index contributed by atoms with van der Waals surface area (Å²) in [6, 6.07) is 16.2. The number of carbonyl (C=O) groups is 5. The van der Waals surface area contributed by atoms with Crippen molar-refractivity contribution in [1.82, 2.24) is 31.9 Å². The number of nitrogens with two attached hydrogens (primary N) is 1. The van der Waals surface area contributed by atoms with Gasteiger partial charge in [-0.15, -0.1) is 22.7 Å². The Bertz CT molecular complexity index is 1650. The zero-order chi connectivity index (χ0) is 32.3. The van der Waals surface area contributed by atoms with Crippen LogP contribution in [0.25, 0.3) is 20.2 Å². The van der Waals surface area contributed by atoms with Crippen molar-refractivity contribution >= 4 is 78.3 Å². The summed E-state index contributed by atoms with van der Waals surface area (Å²) in [4.78, 5) is 65.5. The molecule has 0 unspecified atom stereocenters. The third-order valence-electron chi connectivity index (χ3n) is 6.71. The molecule has 2 atom stereocenters. The average molecular weight is 651 g/mol. The third kappa shape index (κ3) is 9.23. The highest BCUT2D eigenvalue weighted by Gasteiger charge is 2.28. The first-order valence-corrected chi connectivity index (χ1v) is 15.7. The minimum absolute atomic E-state index is 0.156. The van der Waals surface area contributed by atoms with Crippen molar-refractivity contribution in [2.75, 3.05) is 26.7 Å². The Hall–Kier alpha value is -5.02. The second-order valence-electron chi connectivity index (χ2n) is 9.97. The van der Waals surface area contributed by atoms with Gasteiger partial charge in [-0.25, -0.2) is 0 Å². The maximum absolute atomic E-state index is 13.6. The number of thiophene rings is 2. The van der Waals surface area contributed by atoms with Crippen LogP contribution in [-0.4, -0.2) is 74.3 Å². The Morgan fingerprint density at radius 1 is 0.778 bits per heavy atom. The molecule has 2 aromatic heterocycles. The quantitative estimate of drug-likeness (QED) is 0.0569. The number of carbonyl (C=O) groups excluding carboxylic acids is 5. The molecule has 0 bridgehead atoms. The van der Waals surface area contributed by atoms with Crippen LogP contribution in [0.3, 0.4) is 0 Å². The monoisotopic (exact) mass is 650 g/mol. The van der Waals surface area contributed by atoms with Crippen LogP contribution >= 0.6 is 22.7 Å². The first-order valence-electron chi connectivity index (χ1n) is 14.1. The summed E-state index contributed by atoms with van der Waals surface area (Å²) in [5.74, 6) is -2.93. The van der Waals surface area contributed by atoms with Crippen molar-refractivity contribution in [3.05, 3.63) is 70.4 Å². The maximum Gasteiger partial charge on any atom is 0.262 e. The minimum atomic E-state index is -1.26. The SMILES string of the molecule is CNC(=O)CNC(=O)[C@H](CNC(=O)c1cc2ccccc2s1)NC(=O)[C@H](CCCNC(=N)N)NC(=O)c1cc2ccccc2s1. The highest BCUT2D eigenvalue weighted by Crippen LogP contribution is 2.26. The second-order valence-corrected chi connectivity index (χ2v) is 12.1. The second kappa shape index (κ2) is 15.6. The Morgan fingerprint density at radius 2 is 1.38 bits per heavy atom. The Kier molecular flexibility index (Phi) is 11.4. The molecule has 15 heteroatoms. The van der Waals surface area contributed by atoms with E-state index in [2.05, 4.69) is 31.9 Å². The molecule has 0 aliphatic carbocycles. The summed E-state index contributed by atoms with van der Waals surface area (Å²) < 4.78 is 1.84. The smallest absolute Gasteiger partial charge is 0.262 e. The molecule has 236 valence electrons. The molecule has 2 heterocycles. The lowest BCUT2D eigenvalue weighted by molar-refractivity contribution is -0.130.